The van der Waals surface area contributed by atoms with E-state index in [9.17, 15) is 9.18 Å². The second-order valence-electron chi connectivity index (χ2n) is 2.91. The van der Waals surface area contributed by atoms with Gasteiger partial charge in [0.2, 0.25) is 0 Å². The van der Waals surface area contributed by atoms with Crippen LogP contribution in [-0.4, -0.2) is 17.9 Å². The SMILES string of the molecule is CC(=O)OC1(N)CCCC1F. The fourth-order valence-electron chi connectivity index (χ4n) is 1.34. The molecule has 1 saturated carbocycles. The summed E-state index contributed by atoms with van der Waals surface area (Å²) in [6.07, 6.45) is 0.300. The standard InChI is InChI=1S/C7H12FNO2/c1-5(10)11-7(9)4-2-3-6(7)8/h6H,2-4,9H2,1H3. The van der Waals surface area contributed by atoms with Crippen LogP contribution in [0.3, 0.4) is 0 Å². The minimum absolute atomic E-state index is 0.393. The zero-order valence-electron chi connectivity index (χ0n) is 6.47. The first-order valence-corrected chi connectivity index (χ1v) is 3.67. The quantitative estimate of drug-likeness (QED) is 0.455. The third-order valence-corrected chi connectivity index (χ3v) is 1.89. The van der Waals surface area contributed by atoms with Gasteiger partial charge in [-0.2, -0.15) is 0 Å². The average Bonchev–Trinajstić information content (AvgIpc) is 2.11. The van der Waals surface area contributed by atoms with Crippen LogP contribution in [0.15, 0.2) is 0 Å². The molecule has 0 aromatic rings. The molecular weight excluding hydrogens is 149 g/mol. The predicted octanol–water partition coefficient (Wildman–Crippen LogP) is 0.726. The van der Waals surface area contributed by atoms with E-state index in [1.165, 1.54) is 6.92 Å². The first kappa shape index (κ1) is 8.46. The van der Waals surface area contributed by atoms with Crippen LogP contribution in [0, 0.1) is 0 Å². The van der Waals surface area contributed by atoms with E-state index in [4.69, 9.17) is 5.73 Å². The topological polar surface area (TPSA) is 52.3 Å². The number of hydrogen-bond donors (Lipinski definition) is 1. The van der Waals surface area contributed by atoms with E-state index in [1.807, 2.05) is 0 Å². The van der Waals surface area contributed by atoms with Gasteiger partial charge in [0.1, 0.15) is 0 Å². The van der Waals surface area contributed by atoms with Crippen LogP contribution >= 0.6 is 0 Å². The molecule has 1 fully saturated rings. The van der Waals surface area contributed by atoms with Crippen LogP contribution in [0.1, 0.15) is 26.2 Å². The van der Waals surface area contributed by atoms with Crippen LogP contribution in [0.4, 0.5) is 4.39 Å². The molecule has 11 heavy (non-hydrogen) atoms. The van der Waals surface area contributed by atoms with E-state index in [1.54, 1.807) is 0 Å². The Labute approximate surface area is 64.7 Å². The van der Waals surface area contributed by atoms with Crippen molar-refractivity contribution >= 4 is 5.97 Å². The number of nitrogens with two attached hydrogens (primary N) is 1. The van der Waals surface area contributed by atoms with Crippen LogP contribution in [0.25, 0.3) is 0 Å². The van der Waals surface area contributed by atoms with Gasteiger partial charge in [0.05, 0.1) is 0 Å². The monoisotopic (exact) mass is 161 g/mol. The molecule has 0 amide bonds. The molecule has 3 nitrogen and oxygen atoms in total. The van der Waals surface area contributed by atoms with Gasteiger partial charge in [0.25, 0.3) is 0 Å². The molecule has 1 aliphatic rings. The van der Waals surface area contributed by atoms with Crippen molar-refractivity contribution in [1.29, 1.82) is 0 Å². The highest BCUT2D eigenvalue weighted by Gasteiger charge is 2.42. The Hall–Kier alpha value is -0.640. The highest BCUT2D eigenvalue weighted by Crippen LogP contribution is 2.31. The molecule has 2 atom stereocenters. The Balaban J connectivity index is 2.58. The van der Waals surface area contributed by atoms with E-state index in [0.29, 0.717) is 19.3 Å². The molecule has 0 spiro atoms. The average molecular weight is 161 g/mol. The highest BCUT2D eigenvalue weighted by molar-refractivity contribution is 5.66. The number of alkyl halides is 1. The van der Waals surface area contributed by atoms with Crippen LogP contribution in [-0.2, 0) is 9.53 Å². The zero-order valence-corrected chi connectivity index (χ0v) is 6.47. The second-order valence-corrected chi connectivity index (χ2v) is 2.91. The zero-order chi connectivity index (χ0) is 8.48. The van der Waals surface area contributed by atoms with Crippen LogP contribution in [0.5, 0.6) is 0 Å². The van der Waals surface area contributed by atoms with E-state index in [0.717, 1.165) is 0 Å². The smallest absolute Gasteiger partial charge is 0.304 e. The highest BCUT2D eigenvalue weighted by atomic mass is 19.1. The summed E-state index contributed by atoms with van der Waals surface area (Å²) in [7, 11) is 0. The lowest BCUT2D eigenvalue weighted by atomic mass is 10.2. The maximum absolute atomic E-state index is 12.9. The van der Waals surface area contributed by atoms with Gasteiger partial charge in [-0.05, 0) is 12.8 Å². The normalized spacial score (nSPS) is 37.2. The van der Waals surface area contributed by atoms with E-state index < -0.39 is 17.9 Å². The van der Waals surface area contributed by atoms with Crippen molar-refractivity contribution < 1.29 is 13.9 Å². The molecule has 1 aliphatic carbocycles. The third kappa shape index (κ3) is 1.68. The lowest BCUT2D eigenvalue weighted by molar-refractivity contribution is -0.161. The first-order chi connectivity index (χ1) is 5.04. The summed E-state index contributed by atoms with van der Waals surface area (Å²) in [5.41, 5.74) is 4.14. The number of hydrogen-bond acceptors (Lipinski definition) is 3. The number of esters is 1. The van der Waals surface area contributed by atoms with Gasteiger partial charge in [-0.3, -0.25) is 10.5 Å². The Kier molecular flexibility index (Phi) is 2.13. The molecule has 0 radical (unpaired) electrons. The van der Waals surface area contributed by atoms with Crippen molar-refractivity contribution in [2.24, 2.45) is 5.73 Å². The molecule has 0 saturated heterocycles. The van der Waals surface area contributed by atoms with Crippen molar-refractivity contribution in [3.8, 4) is 0 Å². The number of ether oxygens (including phenoxy) is 1. The molecule has 1 rings (SSSR count). The number of carbonyl (C=O) groups is 1. The Morgan fingerprint density at radius 2 is 2.45 bits per heavy atom. The molecule has 64 valence electrons. The molecule has 2 unspecified atom stereocenters. The molecular formula is C7H12FNO2. The van der Waals surface area contributed by atoms with E-state index in [2.05, 4.69) is 4.74 Å². The molecule has 0 bridgehead atoms. The van der Waals surface area contributed by atoms with Crippen LogP contribution in [0.2, 0.25) is 0 Å². The number of rotatable bonds is 1. The van der Waals surface area contributed by atoms with Crippen molar-refractivity contribution in [3.05, 3.63) is 0 Å². The van der Waals surface area contributed by atoms with Gasteiger partial charge in [-0.15, -0.1) is 0 Å². The van der Waals surface area contributed by atoms with Gasteiger partial charge >= 0.3 is 5.97 Å². The Morgan fingerprint density at radius 1 is 1.82 bits per heavy atom. The van der Waals surface area contributed by atoms with Gasteiger partial charge in [-0.25, -0.2) is 4.39 Å². The predicted molar refractivity (Wildman–Crippen MR) is 37.4 cm³/mol. The van der Waals surface area contributed by atoms with E-state index >= 15 is 0 Å². The van der Waals surface area contributed by atoms with Gasteiger partial charge in [-0.1, -0.05) is 0 Å². The second kappa shape index (κ2) is 2.77. The number of carbonyl (C=O) groups excluding carboxylic acids is 1. The van der Waals surface area contributed by atoms with Crippen LogP contribution < -0.4 is 5.73 Å². The van der Waals surface area contributed by atoms with Crippen molar-refractivity contribution in [3.63, 3.8) is 0 Å². The first-order valence-electron chi connectivity index (χ1n) is 3.67. The third-order valence-electron chi connectivity index (χ3n) is 1.89. The fourth-order valence-corrected chi connectivity index (χ4v) is 1.34. The Morgan fingerprint density at radius 3 is 2.82 bits per heavy atom. The maximum atomic E-state index is 12.9. The summed E-state index contributed by atoms with van der Waals surface area (Å²) in [6.45, 7) is 1.24. The summed E-state index contributed by atoms with van der Waals surface area (Å²) < 4.78 is 17.6. The van der Waals surface area contributed by atoms with Gasteiger partial charge in [0, 0.05) is 13.3 Å². The van der Waals surface area contributed by atoms with Crippen molar-refractivity contribution in [1.82, 2.24) is 0 Å². The summed E-state index contributed by atoms with van der Waals surface area (Å²) >= 11 is 0. The maximum Gasteiger partial charge on any atom is 0.304 e. The summed E-state index contributed by atoms with van der Waals surface area (Å²) in [5.74, 6) is -0.517. The summed E-state index contributed by atoms with van der Waals surface area (Å²) in [4.78, 5) is 10.5. The van der Waals surface area contributed by atoms with E-state index in [-0.39, 0.29) is 0 Å². The molecule has 2 N–H and O–H groups in total. The van der Waals surface area contributed by atoms with Crippen molar-refractivity contribution in [2.75, 3.05) is 0 Å². The summed E-state index contributed by atoms with van der Waals surface area (Å²) in [5, 5.41) is 0. The van der Waals surface area contributed by atoms with Crippen molar-refractivity contribution in [2.45, 2.75) is 38.1 Å². The molecule has 0 aliphatic heterocycles. The molecule has 0 heterocycles. The lowest BCUT2D eigenvalue weighted by Crippen LogP contribution is -2.48. The minimum atomic E-state index is -1.34. The van der Waals surface area contributed by atoms with Gasteiger partial charge < -0.3 is 4.74 Å². The molecule has 0 aromatic carbocycles. The van der Waals surface area contributed by atoms with Gasteiger partial charge in [0.15, 0.2) is 11.9 Å². The Bertz CT molecular complexity index is 174. The molecule has 0 aromatic heterocycles. The minimum Gasteiger partial charge on any atom is -0.441 e. The summed E-state index contributed by atoms with van der Waals surface area (Å²) in [6, 6.07) is 0. The molecule has 4 heteroatoms. The number of halogens is 1. The lowest BCUT2D eigenvalue weighted by Gasteiger charge is -2.25. The largest absolute Gasteiger partial charge is 0.441 e. The fraction of sp³-hybridized carbons (Fsp3) is 0.857.